The highest BCUT2D eigenvalue weighted by Gasteiger charge is 2.03. The largest absolute Gasteiger partial charge is 0.494 e. The molecule has 2 aromatic rings. The van der Waals surface area contributed by atoms with Gasteiger partial charge in [0.1, 0.15) is 12.4 Å². The Morgan fingerprint density at radius 2 is 1.83 bits per heavy atom. The van der Waals surface area contributed by atoms with Crippen molar-refractivity contribution in [2.24, 2.45) is 0 Å². The predicted octanol–water partition coefficient (Wildman–Crippen LogP) is 3.00. The fraction of sp³-hybridized carbons (Fsp3) is 0.143. The highest BCUT2D eigenvalue weighted by Crippen LogP contribution is 2.19. The third-order valence-corrected chi connectivity index (χ3v) is 2.50. The number of nitrogen functional groups attached to an aromatic ring is 1. The van der Waals surface area contributed by atoms with E-state index < -0.39 is 5.82 Å². The van der Waals surface area contributed by atoms with Crippen molar-refractivity contribution in [2.75, 3.05) is 12.8 Å². The highest BCUT2D eigenvalue weighted by molar-refractivity contribution is 5.41. The van der Waals surface area contributed by atoms with Gasteiger partial charge in [-0.25, -0.2) is 4.39 Å². The molecule has 0 aromatic heterocycles. The van der Waals surface area contributed by atoms with Crippen LogP contribution < -0.4 is 15.2 Å². The van der Waals surface area contributed by atoms with Crippen LogP contribution >= 0.6 is 0 Å². The van der Waals surface area contributed by atoms with Crippen LogP contribution in [0, 0.1) is 5.82 Å². The summed E-state index contributed by atoms with van der Waals surface area (Å²) in [6.45, 7) is 0.296. The zero-order chi connectivity index (χ0) is 13.0. The lowest BCUT2D eigenvalue weighted by Crippen LogP contribution is -1.97. The Hall–Kier alpha value is -2.23. The van der Waals surface area contributed by atoms with Crippen LogP contribution in [0.1, 0.15) is 5.56 Å². The van der Waals surface area contributed by atoms with E-state index in [1.165, 1.54) is 13.2 Å². The molecule has 0 spiro atoms. The molecule has 4 heteroatoms. The fourth-order valence-electron chi connectivity index (χ4n) is 1.53. The summed E-state index contributed by atoms with van der Waals surface area (Å²) in [4.78, 5) is 0. The Bertz CT molecular complexity index is 526. The average Bonchev–Trinajstić information content (AvgIpc) is 2.38. The normalized spacial score (nSPS) is 10.1. The Morgan fingerprint density at radius 3 is 2.44 bits per heavy atom. The Morgan fingerprint density at radius 1 is 1.11 bits per heavy atom. The van der Waals surface area contributed by atoms with Crippen LogP contribution in [0.4, 0.5) is 10.1 Å². The summed E-state index contributed by atoms with van der Waals surface area (Å²) in [7, 11) is 1.43. The lowest BCUT2D eigenvalue weighted by Gasteiger charge is -2.08. The second kappa shape index (κ2) is 5.40. The molecular weight excluding hydrogens is 233 g/mol. The number of nitrogens with two attached hydrogens (primary N) is 1. The van der Waals surface area contributed by atoms with E-state index in [9.17, 15) is 4.39 Å². The quantitative estimate of drug-likeness (QED) is 0.845. The second-order valence-electron chi connectivity index (χ2n) is 3.83. The molecule has 0 heterocycles. The highest BCUT2D eigenvalue weighted by atomic mass is 19.1. The predicted molar refractivity (Wildman–Crippen MR) is 68.1 cm³/mol. The lowest BCUT2D eigenvalue weighted by molar-refractivity contribution is 0.305. The van der Waals surface area contributed by atoms with E-state index in [0.29, 0.717) is 18.0 Å². The Kier molecular flexibility index (Phi) is 3.67. The third kappa shape index (κ3) is 2.91. The molecule has 2 N–H and O–H groups in total. The first-order valence-corrected chi connectivity index (χ1v) is 5.50. The first-order valence-electron chi connectivity index (χ1n) is 5.50. The molecule has 0 atom stereocenters. The molecule has 2 rings (SSSR count). The smallest absolute Gasteiger partial charge is 0.165 e. The van der Waals surface area contributed by atoms with Gasteiger partial charge in [-0.2, -0.15) is 0 Å². The number of hydrogen-bond donors (Lipinski definition) is 1. The van der Waals surface area contributed by atoms with Gasteiger partial charge in [0, 0.05) is 5.69 Å². The minimum Gasteiger partial charge on any atom is -0.494 e. The molecule has 0 aliphatic heterocycles. The van der Waals surface area contributed by atoms with Crippen LogP contribution in [0.25, 0.3) is 0 Å². The number of ether oxygens (including phenoxy) is 2. The maximum atomic E-state index is 13.4. The van der Waals surface area contributed by atoms with Crippen molar-refractivity contribution in [1.82, 2.24) is 0 Å². The second-order valence-corrected chi connectivity index (χ2v) is 3.83. The van der Waals surface area contributed by atoms with Crippen molar-refractivity contribution in [3.63, 3.8) is 0 Å². The molecule has 0 bridgehead atoms. The minimum absolute atomic E-state index is 0.228. The van der Waals surface area contributed by atoms with Gasteiger partial charge in [-0.1, -0.05) is 6.07 Å². The number of benzene rings is 2. The van der Waals surface area contributed by atoms with E-state index in [-0.39, 0.29) is 5.75 Å². The molecule has 18 heavy (non-hydrogen) atoms. The average molecular weight is 247 g/mol. The lowest BCUT2D eigenvalue weighted by atomic mass is 10.2. The Labute approximate surface area is 105 Å². The van der Waals surface area contributed by atoms with Crippen molar-refractivity contribution in [3.05, 3.63) is 53.8 Å². The topological polar surface area (TPSA) is 44.5 Å². The molecule has 0 saturated carbocycles. The van der Waals surface area contributed by atoms with Gasteiger partial charge >= 0.3 is 0 Å². The molecule has 0 radical (unpaired) electrons. The van der Waals surface area contributed by atoms with Crippen LogP contribution in [0.2, 0.25) is 0 Å². The first-order chi connectivity index (χ1) is 8.69. The van der Waals surface area contributed by atoms with Gasteiger partial charge in [0.2, 0.25) is 0 Å². The van der Waals surface area contributed by atoms with Gasteiger partial charge in [0.15, 0.2) is 11.6 Å². The molecule has 94 valence electrons. The minimum atomic E-state index is -0.393. The standard InChI is InChI=1S/C14H14FNO2/c1-17-14-7-2-10(8-13(14)15)9-18-12-5-3-11(16)4-6-12/h2-8H,9,16H2,1H3. The van der Waals surface area contributed by atoms with Gasteiger partial charge in [-0.15, -0.1) is 0 Å². The maximum Gasteiger partial charge on any atom is 0.165 e. The summed E-state index contributed by atoms with van der Waals surface area (Å²) in [5.41, 5.74) is 6.99. The summed E-state index contributed by atoms with van der Waals surface area (Å²) in [5, 5.41) is 0. The molecule has 0 aliphatic rings. The van der Waals surface area contributed by atoms with Gasteiger partial charge in [-0.3, -0.25) is 0 Å². The van der Waals surface area contributed by atoms with Crippen LogP contribution in [0.15, 0.2) is 42.5 Å². The molecule has 3 nitrogen and oxygen atoms in total. The van der Waals surface area contributed by atoms with Gasteiger partial charge < -0.3 is 15.2 Å². The summed E-state index contributed by atoms with van der Waals surface area (Å²) in [6.07, 6.45) is 0. The molecule has 0 unspecified atom stereocenters. The number of hydrogen-bond acceptors (Lipinski definition) is 3. The summed E-state index contributed by atoms with van der Waals surface area (Å²) >= 11 is 0. The van der Waals surface area contributed by atoms with E-state index in [4.69, 9.17) is 15.2 Å². The third-order valence-electron chi connectivity index (χ3n) is 2.50. The maximum absolute atomic E-state index is 13.4. The van der Waals surface area contributed by atoms with E-state index in [1.54, 1.807) is 36.4 Å². The van der Waals surface area contributed by atoms with E-state index in [0.717, 1.165) is 5.56 Å². The van der Waals surface area contributed by atoms with Crippen LogP contribution in [-0.2, 0) is 6.61 Å². The first kappa shape index (κ1) is 12.2. The van der Waals surface area contributed by atoms with Crippen molar-refractivity contribution < 1.29 is 13.9 Å². The SMILES string of the molecule is COc1ccc(COc2ccc(N)cc2)cc1F. The Balaban J connectivity index is 2.02. The van der Waals surface area contributed by atoms with E-state index in [1.807, 2.05) is 0 Å². The van der Waals surface area contributed by atoms with Gasteiger partial charge in [0.05, 0.1) is 7.11 Å². The van der Waals surface area contributed by atoms with Crippen LogP contribution in [0.3, 0.4) is 0 Å². The van der Waals surface area contributed by atoms with Crippen LogP contribution in [-0.4, -0.2) is 7.11 Å². The number of anilines is 1. The molecule has 0 amide bonds. The van der Waals surface area contributed by atoms with Crippen LogP contribution in [0.5, 0.6) is 11.5 Å². The molecular formula is C14H14FNO2. The van der Waals surface area contributed by atoms with Gasteiger partial charge in [0.25, 0.3) is 0 Å². The number of methoxy groups -OCH3 is 1. The molecule has 0 saturated heterocycles. The molecule has 2 aromatic carbocycles. The monoisotopic (exact) mass is 247 g/mol. The fourth-order valence-corrected chi connectivity index (χ4v) is 1.53. The van der Waals surface area contributed by atoms with E-state index >= 15 is 0 Å². The van der Waals surface area contributed by atoms with E-state index in [2.05, 4.69) is 0 Å². The van der Waals surface area contributed by atoms with Crippen molar-refractivity contribution >= 4 is 5.69 Å². The zero-order valence-corrected chi connectivity index (χ0v) is 10.0. The summed E-state index contributed by atoms with van der Waals surface area (Å²) in [6, 6.07) is 11.8. The molecule has 0 aliphatic carbocycles. The molecule has 0 fully saturated rings. The zero-order valence-electron chi connectivity index (χ0n) is 10.0. The number of rotatable bonds is 4. The van der Waals surface area contributed by atoms with Crippen molar-refractivity contribution in [1.29, 1.82) is 0 Å². The summed E-state index contributed by atoms with van der Waals surface area (Å²) in [5.74, 6) is 0.530. The van der Waals surface area contributed by atoms with Gasteiger partial charge in [-0.05, 0) is 42.0 Å². The number of halogens is 1. The van der Waals surface area contributed by atoms with Crippen molar-refractivity contribution in [3.8, 4) is 11.5 Å². The summed E-state index contributed by atoms with van der Waals surface area (Å²) < 4.78 is 23.8. The van der Waals surface area contributed by atoms with Crippen molar-refractivity contribution in [2.45, 2.75) is 6.61 Å².